The summed E-state index contributed by atoms with van der Waals surface area (Å²) >= 11 is 6.53. The molecule has 0 radical (unpaired) electrons. The Morgan fingerprint density at radius 3 is 2.53 bits per heavy atom. The third kappa shape index (κ3) is 5.14. The Balaban J connectivity index is 1.61. The lowest BCUT2D eigenvalue weighted by Crippen LogP contribution is -2.31. The third-order valence-electron chi connectivity index (χ3n) is 4.44. The lowest BCUT2D eigenvalue weighted by Gasteiger charge is -2.14. The van der Waals surface area contributed by atoms with Crippen LogP contribution in [0.4, 0.5) is 5.69 Å². The van der Waals surface area contributed by atoms with Crippen molar-refractivity contribution >= 4 is 57.7 Å². The van der Waals surface area contributed by atoms with Crippen LogP contribution in [-0.2, 0) is 9.59 Å². The molecular formula is C22H20N2O4S2. The molecule has 0 aliphatic carbocycles. The van der Waals surface area contributed by atoms with E-state index in [2.05, 4.69) is 5.32 Å². The molecule has 1 N–H and O–H groups in total. The molecule has 1 heterocycles. The molecule has 154 valence electrons. The maximum absolute atomic E-state index is 12.7. The van der Waals surface area contributed by atoms with Crippen LogP contribution in [0.25, 0.3) is 6.08 Å². The van der Waals surface area contributed by atoms with Crippen LogP contribution in [0.2, 0.25) is 0 Å². The van der Waals surface area contributed by atoms with Crippen molar-refractivity contribution in [1.29, 1.82) is 0 Å². The van der Waals surface area contributed by atoms with Crippen molar-refractivity contribution in [3.8, 4) is 5.75 Å². The normalized spacial score (nSPS) is 14.9. The highest BCUT2D eigenvalue weighted by Gasteiger charge is 2.32. The number of ketones is 1. The Bertz CT molecular complexity index is 1030. The van der Waals surface area contributed by atoms with Crippen molar-refractivity contribution in [2.75, 3.05) is 19.0 Å². The van der Waals surface area contributed by atoms with E-state index in [9.17, 15) is 14.4 Å². The van der Waals surface area contributed by atoms with Crippen LogP contribution in [0.15, 0.2) is 53.4 Å². The summed E-state index contributed by atoms with van der Waals surface area (Å²) in [5.41, 5.74) is 1.95. The molecule has 2 aromatic carbocycles. The molecule has 30 heavy (non-hydrogen) atoms. The van der Waals surface area contributed by atoms with E-state index in [0.29, 0.717) is 26.2 Å². The Hall–Kier alpha value is -2.97. The molecule has 0 unspecified atom stereocenters. The summed E-state index contributed by atoms with van der Waals surface area (Å²) in [6.07, 6.45) is 1.84. The number of anilines is 1. The van der Waals surface area contributed by atoms with Crippen LogP contribution in [0.3, 0.4) is 0 Å². The van der Waals surface area contributed by atoms with Crippen molar-refractivity contribution in [3.63, 3.8) is 0 Å². The maximum Gasteiger partial charge on any atom is 0.266 e. The van der Waals surface area contributed by atoms with Gasteiger partial charge in [-0.25, -0.2) is 0 Å². The predicted octanol–water partition coefficient (Wildman–Crippen LogP) is 4.13. The highest BCUT2D eigenvalue weighted by atomic mass is 32.2. The summed E-state index contributed by atoms with van der Waals surface area (Å²) in [6.45, 7) is 1.67. The van der Waals surface area contributed by atoms with Gasteiger partial charge in [0.1, 0.15) is 10.1 Å². The van der Waals surface area contributed by atoms with E-state index in [1.165, 1.54) is 23.6 Å². The van der Waals surface area contributed by atoms with Crippen LogP contribution in [0.1, 0.15) is 29.3 Å². The van der Waals surface area contributed by atoms with Crippen LogP contribution in [-0.4, -0.2) is 40.5 Å². The third-order valence-corrected chi connectivity index (χ3v) is 5.81. The number of para-hydroxylation sites is 1. The van der Waals surface area contributed by atoms with Gasteiger partial charge in [0.2, 0.25) is 5.91 Å². The van der Waals surface area contributed by atoms with Crippen molar-refractivity contribution in [2.45, 2.75) is 13.3 Å². The van der Waals surface area contributed by atoms with E-state index in [-0.39, 0.29) is 30.6 Å². The number of ether oxygens (including phenoxy) is 1. The first-order valence-electron chi connectivity index (χ1n) is 9.18. The quantitative estimate of drug-likeness (QED) is 0.396. The van der Waals surface area contributed by atoms with Gasteiger partial charge in [0.15, 0.2) is 5.78 Å². The Labute approximate surface area is 184 Å². The smallest absolute Gasteiger partial charge is 0.266 e. The second kappa shape index (κ2) is 9.69. The molecule has 0 atom stereocenters. The first kappa shape index (κ1) is 21.7. The van der Waals surface area contributed by atoms with E-state index in [1.54, 1.807) is 37.5 Å². The van der Waals surface area contributed by atoms with Crippen LogP contribution in [0.5, 0.6) is 5.75 Å². The molecule has 6 nitrogen and oxygen atoms in total. The molecule has 1 aliphatic heterocycles. The minimum Gasteiger partial charge on any atom is -0.496 e. The zero-order valence-electron chi connectivity index (χ0n) is 16.5. The molecular weight excluding hydrogens is 420 g/mol. The number of thiocarbonyl (C=S) groups is 1. The van der Waals surface area contributed by atoms with Gasteiger partial charge < -0.3 is 10.1 Å². The zero-order chi connectivity index (χ0) is 21.7. The van der Waals surface area contributed by atoms with Gasteiger partial charge in [0.05, 0.1) is 12.0 Å². The minimum absolute atomic E-state index is 0.0385. The van der Waals surface area contributed by atoms with Crippen molar-refractivity contribution in [3.05, 3.63) is 64.6 Å². The molecule has 2 amide bonds. The van der Waals surface area contributed by atoms with E-state index >= 15 is 0 Å². The number of nitrogens with zero attached hydrogens (tertiary/aromatic N) is 1. The molecule has 3 rings (SSSR count). The first-order valence-corrected chi connectivity index (χ1v) is 10.4. The van der Waals surface area contributed by atoms with Gasteiger partial charge in [-0.3, -0.25) is 19.3 Å². The summed E-state index contributed by atoms with van der Waals surface area (Å²) < 4.78 is 5.73. The Kier molecular flexibility index (Phi) is 7.02. The standard InChI is InChI=1S/C22H20N2O4S2/c1-14(25)15-7-9-17(10-8-15)23-20(26)11-12-24-21(27)19(30-22(24)29)13-16-5-3-4-6-18(16)28-2/h3-10,13H,11-12H2,1-2H3,(H,23,26)/b19-13-. The van der Waals surface area contributed by atoms with Crippen LogP contribution in [0, 0.1) is 0 Å². The highest BCUT2D eigenvalue weighted by molar-refractivity contribution is 8.26. The van der Waals surface area contributed by atoms with Gasteiger partial charge in [-0.05, 0) is 43.3 Å². The molecule has 1 aliphatic rings. The number of benzene rings is 2. The van der Waals surface area contributed by atoms with Crippen molar-refractivity contribution in [1.82, 2.24) is 4.90 Å². The van der Waals surface area contributed by atoms with Crippen LogP contribution >= 0.6 is 24.0 Å². The molecule has 0 bridgehead atoms. The number of methoxy groups -OCH3 is 1. The lowest BCUT2D eigenvalue weighted by molar-refractivity contribution is -0.122. The number of carbonyl (C=O) groups is 3. The first-order chi connectivity index (χ1) is 14.4. The molecule has 0 spiro atoms. The fraction of sp³-hybridized carbons (Fsp3) is 0.182. The summed E-state index contributed by atoms with van der Waals surface area (Å²) in [5, 5.41) is 2.76. The second-order valence-corrected chi connectivity index (χ2v) is 8.18. The minimum atomic E-state index is -0.242. The average molecular weight is 441 g/mol. The largest absolute Gasteiger partial charge is 0.496 e. The molecule has 8 heteroatoms. The number of hydrogen-bond donors (Lipinski definition) is 1. The topological polar surface area (TPSA) is 75.7 Å². The Morgan fingerprint density at radius 2 is 1.87 bits per heavy atom. The van der Waals surface area contributed by atoms with E-state index < -0.39 is 0 Å². The molecule has 0 saturated carbocycles. The van der Waals surface area contributed by atoms with Gasteiger partial charge in [0.25, 0.3) is 5.91 Å². The van der Waals surface area contributed by atoms with Gasteiger partial charge in [0, 0.05) is 29.8 Å². The monoisotopic (exact) mass is 440 g/mol. The highest BCUT2D eigenvalue weighted by Crippen LogP contribution is 2.34. The SMILES string of the molecule is COc1ccccc1/C=C1\SC(=S)N(CCC(=O)Nc2ccc(C(C)=O)cc2)C1=O. The number of nitrogens with one attached hydrogen (secondary N) is 1. The van der Waals surface area contributed by atoms with Gasteiger partial charge in [-0.15, -0.1) is 0 Å². The number of Topliss-reactive ketones (excluding diaryl/α,β-unsaturated/α-hetero) is 1. The number of rotatable bonds is 7. The van der Waals surface area contributed by atoms with Gasteiger partial charge in [-0.1, -0.05) is 42.2 Å². The summed E-state index contributed by atoms with van der Waals surface area (Å²) in [6, 6.07) is 14.0. The molecule has 1 saturated heterocycles. The van der Waals surface area contributed by atoms with E-state index in [0.717, 1.165) is 5.56 Å². The summed E-state index contributed by atoms with van der Waals surface area (Å²) in [4.78, 5) is 38.2. The molecule has 0 aromatic heterocycles. The fourth-order valence-corrected chi connectivity index (χ4v) is 4.14. The lowest BCUT2D eigenvalue weighted by atomic mass is 10.1. The number of hydrogen-bond acceptors (Lipinski definition) is 6. The van der Waals surface area contributed by atoms with E-state index in [4.69, 9.17) is 17.0 Å². The van der Waals surface area contributed by atoms with Crippen molar-refractivity contribution < 1.29 is 19.1 Å². The molecule has 2 aromatic rings. The number of carbonyl (C=O) groups excluding carboxylic acids is 3. The number of thioether (sulfide) groups is 1. The second-order valence-electron chi connectivity index (χ2n) is 6.51. The van der Waals surface area contributed by atoms with Gasteiger partial charge in [-0.2, -0.15) is 0 Å². The number of amides is 2. The van der Waals surface area contributed by atoms with Crippen LogP contribution < -0.4 is 10.1 Å². The van der Waals surface area contributed by atoms with Crippen molar-refractivity contribution in [2.24, 2.45) is 0 Å². The zero-order valence-corrected chi connectivity index (χ0v) is 18.1. The fourth-order valence-electron chi connectivity index (χ4n) is 2.84. The average Bonchev–Trinajstić information content (AvgIpc) is 3.00. The summed E-state index contributed by atoms with van der Waals surface area (Å²) in [7, 11) is 1.57. The van der Waals surface area contributed by atoms with Gasteiger partial charge >= 0.3 is 0 Å². The predicted molar refractivity (Wildman–Crippen MR) is 123 cm³/mol. The Morgan fingerprint density at radius 1 is 1.17 bits per heavy atom. The van der Waals surface area contributed by atoms with E-state index in [1.807, 2.05) is 24.3 Å². The molecule has 1 fully saturated rings. The summed E-state index contributed by atoms with van der Waals surface area (Å²) in [5.74, 6) is 0.157. The maximum atomic E-state index is 12.7.